The van der Waals surface area contributed by atoms with Gasteiger partial charge in [-0.1, -0.05) is 0 Å². The van der Waals surface area contributed by atoms with Crippen LogP contribution in [0.1, 0.15) is 30.4 Å². The number of esters is 1. The number of nitrogens with two attached hydrogens (primary N) is 1. The summed E-state index contributed by atoms with van der Waals surface area (Å²) >= 11 is 0. The van der Waals surface area contributed by atoms with Crippen LogP contribution in [0.5, 0.6) is 0 Å². The summed E-state index contributed by atoms with van der Waals surface area (Å²) in [5, 5.41) is 4.03. The molecule has 0 saturated heterocycles. The van der Waals surface area contributed by atoms with Crippen molar-refractivity contribution in [1.29, 1.82) is 0 Å². The molecule has 1 atom stereocenters. The van der Waals surface area contributed by atoms with E-state index in [0.717, 1.165) is 0 Å². The highest BCUT2D eigenvalue weighted by atomic mass is 35.5. The Balaban J connectivity index is 0. The molecule has 94 valence electrons. The highest BCUT2D eigenvalue weighted by Crippen LogP contribution is 2.08. The van der Waals surface area contributed by atoms with Gasteiger partial charge in [-0.15, -0.1) is 12.4 Å². The Bertz CT molecular complexity index is 319. The van der Waals surface area contributed by atoms with E-state index in [2.05, 4.69) is 5.10 Å². The largest absolute Gasteiger partial charge is 0.461 e. The zero-order valence-electron chi connectivity index (χ0n) is 9.34. The molecule has 1 rings (SSSR count). The van der Waals surface area contributed by atoms with E-state index in [9.17, 15) is 4.79 Å². The third kappa shape index (κ3) is 4.03. The van der Waals surface area contributed by atoms with Gasteiger partial charge in [0.15, 0.2) is 0 Å². The number of aromatic nitrogens is 2. The van der Waals surface area contributed by atoms with Crippen LogP contribution in [-0.2, 0) is 4.74 Å². The van der Waals surface area contributed by atoms with E-state index >= 15 is 0 Å². The van der Waals surface area contributed by atoms with Crippen LogP contribution in [0.2, 0.25) is 0 Å². The molecule has 0 fully saturated rings. The van der Waals surface area contributed by atoms with Crippen LogP contribution >= 0.6 is 25.9 Å². The molecule has 2 N–H and O–H groups in total. The SMILES string of the molecule is CCOC(=O)c1ccnn1[C@@H](C)CN.Cl.S. The molecule has 0 aliphatic rings. The molecule has 0 bridgehead atoms. The fourth-order valence-corrected chi connectivity index (χ4v) is 1.13. The van der Waals surface area contributed by atoms with Gasteiger partial charge in [-0.05, 0) is 19.9 Å². The average Bonchev–Trinajstić information content (AvgIpc) is 2.65. The smallest absolute Gasteiger partial charge is 0.356 e. The van der Waals surface area contributed by atoms with E-state index in [1.165, 1.54) is 0 Å². The molecule has 7 heteroatoms. The lowest BCUT2D eigenvalue weighted by molar-refractivity contribution is 0.0509. The lowest BCUT2D eigenvalue weighted by Gasteiger charge is -2.12. The molecule has 16 heavy (non-hydrogen) atoms. The third-order valence-electron chi connectivity index (χ3n) is 1.91. The first-order valence-corrected chi connectivity index (χ1v) is 4.61. The second-order valence-electron chi connectivity index (χ2n) is 2.97. The Morgan fingerprint density at radius 3 is 2.81 bits per heavy atom. The van der Waals surface area contributed by atoms with E-state index in [-0.39, 0.29) is 37.9 Å². The molecule has 1 aromatic rings. The molecule has 0 aromatic carbocycles. The Kier molecular flexibility index (Phi) is 9.31. The maximum Gasteiger partial charge on any atom is 0.356 e. The van der Waals surface area contributed by atoms with E-state index < -0.39 is 0 Å². The van der Waals surface area contributed by atoms with Gasteiger partial charge in [-0.3, -0.25) is 4.68 Å². The fraction of sp³-hybridized carbons (Fsp3) is 0.556. The lowest BCUT2D eigenvalue weighted by atomic mass is 10.3. The predicted octanol–water partition coefficient (Wildman–Crippen LogP) is 1.11. The molecular formula is C9H18ClN3O2S. The van der Waals surface area contributed by atoms with Crippen LogP contribution in [-0.4, -0.2) is 28.9 Å². The van der Waals surface area contributed by atoms with Crippen LogP contribution in [0.3, 0.4) is 0 Å². The summed E-state index contributed by atoms with van der Waals surface area (Å²) in [5.74, 6) is -0.356. The van der Waals surface area contributed by atoms with Gasteiger partial charge in [0, 0.05) is 12.7 Å². The van der Waals surface area contributed by atoms with E-state index in [4.69, 9.17) is 10.5 Å². The number of halogens is 1. The standard InChI is InChI=1S/C9H15N3O2.ClH.H2S/c1-3-14-9(13)8-4-5-11-12(8)7(2)6-10;;/h4-5,7H,3,6,10H2,1-2H3;1H;1H2/t7-;;/m0../s1. The number of nitrogens with zero attached hydrogens (tertiary/aromatic N) is 2. The summed E-state index contributed by atoms with van der Waals surface area (Å²) in [5.41, 5.74) is 5.94. The highest BCUT2D eigenvalue weighted by Gasteiger charge is 2.15. The van der Waals surface area contributed by atoms with Crippen LogP contribution in [0.15, 0.2) is 12.3 Å². The summed E-state index contributed by atoms with van der Waals surface area (Å²) in [7, 11) is 0. The molecule has 0 aliphatic heterocycles. The van der Waals surface area contributed by atoms with Crippen molar-refractivity contribution in [2.45, 2.75) is 19.9 Å². The third-order valence-corrected chi connectivity index (χ3v) is 1.91. The van der Waals surface area contributed by atoms with Crippen LogP contribution in [0.25, 0.3) is 0 Å². The van der Waals surface area contributed by atoms with Gasteiger partial charge in [-0.25, -0.2) is 4.79 Å². The number of carbonyl (C=O) groups is 1. The van der Waals surface area contributed by atoms with Gasteiger partial charge in [0.05, 0.1) is 12.6 Å². The van der Waals surface area contributed by atoms with E-state index in [0.29, 0.717) is 18.8 Å². The number of ether oxygens (including phenoxy) is 1. The Hall–Kier alpha value is -0.720. The molecule has 0 aliphatic carbocycles. The van der Waals surface area contributed by atoms with Crippen molar-refractivity contribution in [3.63, 3.8) is 0 Å². The topological polar surface area (TPSA) is 70.1 Å². The van der Waals surface area contributed by atoms with Crippen molar-refractivity contribution in [3.8, 4) is 0 Å². The summed E-state index contributed by atoms with van der Waals surface area (Å²) in [6, 6.07) is 1.63. The summed E-state index contributed by atoms with van der Waals surface area (Å²) < 4.78 is 6.46. The molecule has 0 saturated carbocycles. The number of rotatable bonds is 4. The first-order chi connectivity index (χ1) is 6.70. The first-order valence-electron chi connectivity index (χ1n) is 4.61. The quantitative estimate of drug-likeness (QED) is 0.830. The van der Waals surface area contributed by atoms with Gasteiger partial charge >= 0.3 is 5.97 Å². The van der Waals surface area contributed by atoms with Gasteiger partial charge in [-0.2, -0.15) is 18.6 Å². The minimum atomic E-state index is -0.356. The van der Waals surface area contributed by atoms with E-state index in [1.54, 1.807) is 23.9 Å². The van der Waals surface area contributed by atoms with Crippen molar-refractivity contribution in [2.75, 3.05) is 13.2 Å². The Morgan fingerprint density at radius 1 is 1.69 bits per heavy atom. The van der Waals surface area contributed by atoms with Gasteiger partial charge in [0.1, 0.15) is 5.69 Å². The van der Waals surface area contributed by atoms with Crippen molar-refractivity contribution < 1.29 is 9.53 Å². The number of carbonyl (C=O) groups excluding carboxylic acids is 1. The number of hydrogen-bond acceptors (Lipinski definition) is 4. The zero-order valence-corrected chi connectivity index (χ0v) is 11.2. The molecular weight excluding hydrogens is 250 g/mol. The summed E-state index contributed by atoms with van der Waals surface area (Å²) in [6.07, 6.45) is 1.57. The Morgan fingerprint density at radius 2 is 2.31 bits per heavy atom. The molecule has 0 radical (unpaired) electrons. The summed E-state index contributed by atoms with van der Waals surface area (Å²) in [6.45, 7) is 4.47. The number of hydrogen-bond donors (Lipinski definition) is 1. The monoisotopic (exact) mass is 267 g/mol. The first kappa shape index (κ1) is 17.7. The van der Waals surface area contributed by atoms with E-state index in [1.807, 2.05) is 6.92 Å². The van der Waals surface area contributed by atoms with Crippen LogP contribution in [0.4, 0.5) is 0 Å². The zero-order chi connectivity index (χ0) is 10.6. The minimum absolute atomic E-state index is 0. The second kappa shape index (κ2) is 8.43. The van der Waals surface area contributed by atoms with Gasteiger partial charge in [0.2, 0.25) is 0 Å². The van der Waals surface area contributed by atoms with Gasteiger partial charge in [0.25, 0.3) is 0 Å². The average molecular weight is 268 g/mol. The second-order valence-corrected chi connectivity index (χ2v) is 2.97. The van der Waals surface area contributed by atoms with Crippen molar-refractivity contribution in [3.05, 3.63) is 18.0 Å². The normalized spacial score (nSPS) is 10.9. The van der Waals surface area contributed by atoms with Gasteiger partial charge < -0.3 is 10.5 Å². The lowest BCUT2D eigenvalue weighted by Crippen LogP contribution is -2.22. The predicted molar refractivity (Wildman–Crippen MR) is 69.6 cm³/mol. The van der Waals surface area contributed by atoms with Crippen molar-refractivity contribution in [1.82, 2.24) is 9.78 Å². The molecule has 0 amide bonds. The minimum Gasteiger partial charge on any atom is -0.461 e. The maximum absolute atomic E-state index is 11.4. The fourth-order valence-electron chi connectivity index (χ4n) is 1.13. The maximum atomic E-state index is 11.4. The van der Waals surface area contributed by atoms with Crippen molar-refractivity contribution in [2.24, 2.45) is 5.73 Å². The van der Waals surface area contributed by atoms with Crippen LogP contribution in [0, 0.1) is 0 Å². The molecule has 0 unspecified atom stereocenters. The molecule has 1 heterocycles. The molecule has 0 spiro atoms. The van der Waals surface area contributed by atoms with Crippen LogP contribution < -0.4 is 5.73 Å². The summed E-state index contributed by atoms with van der Waals surface area (Å²) in [4.78, 5) is 11.4. The highest BCUT2D eigenvalue weighted by molar-refractivity contribution is 7.59. The molecule has 1 aromatic heterocycles. The van der Waals surface area contributed by atoms with Crippen molar-refractivity contribution >= 4 is 31.9 Å². The Labute approximate surface area is 108 Å². The molecule has 5 nitrogen and oxygen atoms in total.